The second kappa shape index (κ2) is 5.26. The van der Waals surface area contributed by atoms with Gasteiger partial charge in [0.05, 0.1) is 4.90 Å². The topological polar surface area (TPSA) is 75.4 Å². The Bertz CT molecular complexity index is 493. The van der Waals surface area contributed by atoms with Gasteiger partial charge in [-0.25, -0.2) is 13.6 Å². The number of nitrogens with two attached hydrogens (primary N) is 1. The van der Waals surface area contributed by atoms with Crippen LogP contribution in [0.2, 0.25) is 0 Å². The molecule has 0 saturated carbocycles. The van der Waals surface area contributed by atoms with Gasteiger partial charge in [0.2, 0.25) is 10.0 Å². The van der Waals surface area contributed by atoms with E-state index in [4.69, 9.17) is 5.14 Å². The first-order chi connectivity index (χ1) is 8.52. The third kappa shape index (κ3) is 2.82. The predicted molar refractivity (Wildman–Crippen MR) is 72.1 cm³/mol. The van der Waals surface area contributed by atoms with Crippen LogP contribution in [0.15, 0.2) is 29.2 Å². The lowest BCUT2D eigenvalue weighted by Crippen LogP contribution is -2.36. The molecule has 1 atom stereocenters. The van der Waals surface area contributed by atoms with Gasteiger partial charge < -0.3 is 10.2 Å². The van der Waals surface area contributed by atoms with Crippen LogP contribution in [0.5, 0.6) is 0 Å². The van der Waals surface area contributed by atoms with Crippen LogP contribution >= 0.6 is 0 Å². The number of nitrogens with zero attached hydrogens (tertiary/aromatic N) is 1. The van der Waals surface area contributed by atoms with Crippen molar-refractivity contribution in [2.45, 2.75) is 24.3 Å². The Labute approximate surface area is 108 Å². The van der Waals surface area contributed by atoms with Gasteiger partial charge in [0.15, 0.2) is 0 Å². The van der Waals surface area contributed by atoms with Crippen LogP contribution in [-0.4, -0.2) is 34.1 Å². The van der Waals surface area contributed by atoms with E-state index in [9.17, 15) is 8.42 Å². The van der Waals surface area contributed by atoms with Crippen molar-refractivity contribution in [1.82, 2.24) is 5.32 Å². The molecular weight excluding hydrogens is 250 g/mol. The van der Waals surface area contributed by atoms with Crippen molar-refractivity contribution < 1.29 is 8.42 Å². The van der Waals surface area contributed by atoms with E-state index in [0.717, 1.165) is 31.7 Å². The molecule has 1 fully saturated rings. The average molecular weight is 269 g/mol. The van der Waals surface area contributed by atoms with Crippen molar-refractivity contribution in [3.63, 3.8) is 0 Å². The molecule has 6 heteroatoms. The summed E-state index contributed by atoms with van der Waals surface area (Å²) >= 11 is 0. The Kier molecular flexibility index (Phi) is 3.89. The van der Waals surface area contributed by atoms with Gasteiger partial charge in [-0.05, 0) is 44.2 Å². The van der Waals surface area contributed by atoms with Crippen LogP contribution in [-0.2, 0) is 10.0 Å². The standard InChI is InChI=1S/C12H19N3O2S/c1-2-15(11-7-8-14-9-11)10-3-5-12(6-4-10)18(13,16)17/h3-6,11,14H,2,7-9H2,1H3,(H2,13,16,17). The fourth-order valence-corrected chi connectivity index (χ4v) is 2.90. The molecule has 0 radical (unpaired) electrons. The van der Waals surface area contributed by atoms with Gasteiger partial charge >= 0.3 is 0 Å². The highest BCUT2D eigenvalue weighted by Crippen LogP contribution is 2.21. The SMILES string of the molecule is CCN(c1ccc(S(N)(=O)=O)cc1)C1CCNC1. The smallest absolute Gasteiger partial charge is 0.238 e. The number of hydrogen-bond acceptors (Lipinski definition) is 4. The van der Waals surface area contributed by atoms with Crippen molar-refractivity contribution >= 4 is 15.7 Å². The highest BCUT2D eigenvalue weighted by Gasteiger charge is 2.21. The highest BCUT2D eigenvalue weighted by atomic mass is 32.2. The van der Waals surface area contributed by atoms with Crippen LogP contribution in [0, 0.1) is 0 Å². The maximum Gasteiger partial charge on any atom is 0.238 e. The second-order valence-electron chi connectivity index (χ2n) is 4.47. The number of nitrogens with one attached hydrogen (secondary N) is 1. The summed E-state index contributed by atoms with van der Waals surface area (Å²) in [5.41, 5.74) is 1.04. The number of benzene rings is 1. The van der Waals surface area contributed by atoms with E-state index < -0.39 is 10.0 Å². The van der Waals surface area contributed by atoms with Crippen molar-refractivity contribution in [1.29, 1.82) is 0 Å². The summed E-state index contributed by atoms with van der Waals surface area (Å²) < 4.78 is 22.4. The first-order valence-electron chi connectivity index (χ1n) is 6.12. The molecule has 1 aromatic carbocycles. The lowest BCUT2D eigenvalue weighted by atomic mass is 10.2. The minimum Gasteiger partial charge on any atom is -0.367 e. The van der Waals surface area contributed by atoms with E-state index in [1.165, 1.54) is 0 Å². The zero-order valence-electron chi connectivity index (χ0n) is 10.5. The van der Waals surface area contributed by atoms with Gasteiger partial charge in [-0.3, -0.25) is 0 Å². The minimum absolute atomic E-state index is 0.159. The molecule has 1 aliphatic heterocycles. The predicted octanol–water partition coefficient (Wildman–Crippen LogP) is 0.522. The average Bonchev–Trinajstić information content (AvgIpc) is 2.83. The molecule has 1 aliphatic rings. The largest absolute Gasteiger partial charge is 0.367 e. The maximum absolute atomic E-state index is 11.2. The Morgan fingerprint density at radius 2 is 2.06 bits per heavy atom. The molecule has 0 amide bonds. The number of hydrogen-bond donors (Lipinski definition) is 2. The molecule has 0 bridgehead atoms. The monoisotopic (exact) mass is 269 g/mol. The fraction of sp³-hybridized carbons (Fsp3) is 0.500. The Morgan fingerprint density at radius 1 is 1.39 bits per heavy atom. The van der Waals surface area contributed by atoms with Crippen LogP contribution in [0.4, 0.5) is 5.69 Å². The van der Waals surface area contributed by atoms with Gasteiger partial charge in [0.1, 0.15) is 0 Å². The summed E-state index contributed by atoms with van der Waals surface area (Å²) in [6.45, 7) is 5.02. The van der Waals surface area contributed by atoms with Crippen molar-refractivity contribution in [2.24, 2.45) is 5.14 Å². The fourth-order valence-electron chi connectivity index (χ4n) is 2.38. The number of primary sulfonamides is 1. The van der Waals surface area contributed by atoms with Crippen LogP contribution < -0.4 is 15.4 Å². The molecule has 1 unspecified atom stereocenters. The summed E-state index contributed by atoms with van der Waals surface area (Å²) in [5, 5.41) is 8.42. The van der Waals surface area contributed by atoms with Gasteiger partial charge in [-0.1, -0.05) is 0 Å². The molecular formula is C12H19N3O2S. The quantitative estimate of drug-likeness (QED) is 0.835. The molecule has 2 rings (SSSR count). The molecule has 18 heavy (non-hydrogen) atoms. The second-order valence-corrected chi connectivity index (χ2v) is 6.03. The summed E-state index contributed by atoms with van der Waals surface area (Å²) in [5.74, 6) is 0. The molecule has 0 aromatic heterocycles. The Morgan fingerprint density at radius 3 is 2.50 bits per heavy atom. The van der Waals surface area contributed by atoms with Crippen molar-refractivity contribution in [3.8, 4) is 0 Å². The number of rotatable bonds is 4. The number of sulfonamides is 1. The molecule has 0 spiro atoms. The maximum atomic E-state index is 11.2. The summed E-state index contributed by atoms with van der Waals surface area (Å²) in [4.78, 5) is 2.44. The molecule has 1 heterocycles. The van der Waals surface area contributed by atoms with Crippen molar-refractivity contribution in [3.05, 3.63) is 24.3 Å². The van der Waals surface area contributed by atoms with E-state index in [1.807, 2.05) is 12.1 Å². The molecule has 3 N–H and O–H groups in total. The molecule has 1 aromatic rings. The molecule has 100 valence electrons. The van der Waals surface area contributed by atoms with E-state index in [-0.39, 0.29) is 4.90 Å². The van der Waals surface area contributed by atoms with E-state index in [1.54, 1.807) is 12.1 Å². The third-order valence-electron chi connectivity index (χ3n) is 3.31. The first-order valence-corrected chi connectivity index (χ1v) is 7.67. The third-order valence-corrected chi connectivity index (χ3v) is 4.24. The van der Waals surface area contributed by atoms with Crippen molar-refractivity contribution in [2.75, 3.05) is 24.5 Å². The summed E-state index contributed by atoms with van der Waals surface area (Å²) in [7, 11) is -3.60. The summed E-state index contributed by atoms with van der Waals surface area (Å²) in [6.07, 6.45) is 1.12. The van der Waals surface area contributed by atoms with Crippen LogP contribution in [0.3, 0.4) is 0 Å². The normalized spacial score (nSPS) is 20.0. The van der Waals surface area contributed by atoms with E-state index >= 15 is 0 Å². The minimum atomic E-state index is -3.60. The Hall–Kier alpha value is -1.11. The van der Waals surface area contributed by atoms with Crippen LogP contribution in [0.1, 0.15) is 13.3 Å². The first kappa shape index (κ1) is 13.3. The van der Waals surface area contributed by atoms with Gasteiger partial charge in [-0.15, -0.1) is 0 Å². The van der Waals surface area contributed by atoms with E-state index in [2.05, 4.69) is 17.1 Å². The zero-order chi connectivity index (χ0) is 13.2. The molecule has 1 saturated heterocycles. The lowest BCUT2D eigenvalue weighted by molar-refractivity contribution is 0.597. The van der Waals surface area contributed by atoms with Gasteiger partial charge in [0.25, 0.3) is 0 Å². The highest BCUT2D eigenvalue weighted by molar-refractivity contribution is 7.89. The molecule has 0 aliphatic carbocycles. The Balaban J connectivity index is 2.21. The van der Waals surface area contributed by atoms with Gasteiger partial charge in [0, 0.05) is 24.8 Å². The number of likely N-dealkylation sites (N-methyl/N-ethyl adjacent to an activating group) is 1. The number of anilines is 1. The summed E-state index contributed by atoms with van der Waals surface area (Å²) in [6, 6.07) is 7.25. The van der Waals surface area contributed by atoms with Gasteiger partial charge in [-0.2, -0.15) is 0 Å². The lowest BCUT2D eigenvalue weighted by Gasteiger charge is -2.29. The zero-order valence-corrected chi connectivity index (χ0v) is 11.3. The van der Waals surface area contributed by atoms with Crippen LogP contribution in [0.25, 0.3) is 0 Å². The molecule has 5 nitrogen and oxygen atoms in total. The van der Waals surface area contributed by atoms with E-state index in [0.29, 0.717) is 6.04 Å².